The molecule has 0 saturated heterocycles. The van der Waals surface area contributed by atoms with Crippen molar-refractivity contribution in [2.75, 3.05) is 79.3 Å². The SMILES string of the molecule is C=C(C)C(=O)OCCOC(=O)CCC(=O)OCC(CO)CO.C=C(C)C(=O)OCCOC(=O)CCC(=O)OCC(CO)COC(=O)CCC(=O)OCCOC(=O)C(=C)C. The summed E-state index contributed by atoms with van der Waals surface area (Å²) in [5.41, 5.74) is 0.669. The van der Waals surface area contributed by atoms with Crippen molar-refractivity contribution < 1.29 is 101 Å². The maximum Gasteiger partial charge on any atom is 0.333 e. The van der Waals surface area contributed by atoms with Crippen molar-refractivity contribution in [1.82, 2.24) is 0 Å². The first-order valence-electron chi connectivity index (χ1n) is 18.1. The van der Waals surface area contributed by atoms with E-state index in [9.17, 15) is 48.3 Å². The van der Waals surface area contributed by atoms with Gasteiger partial charge >= 0.3 is 53.7 Å². The molecule has 0 bridgehead atoms. The van der Waals surface area contributed by atoms with Gasteiger partial charge in [0.2, 0.25) is 0 Å². The number of rotatable bonds is 30. The molecule has 0 aromatic carbocycles. The third-order valence-electron chi connectivity index (χ3n) is 6.60. The zero-order valence-corrected chi connectivity index (χ0v) is 33.7. The molecule has 0 aliphatic carbocycles. The van der Waals surface area contributed by atoms with Crippen LogP contribution in [-0.2, 0) is 85.8 Å². The summed E-state index contributed by atoms with van der Waals surface area (Å²) < 4.78 is 43.3. The number of carbonyl (C=O) groups is 9. The van der Waals surface area contributed by atoms with Gasteiger partial charge in [0.25, 0.3) is 0 Å². The molecule has 0 amide bonds. The Morgan fingerprint density at radius 2 is 0.559 bits per heavy atom. The van der Waals surface area contributed by atoms with Gasteiger partial charge in [0.15, 0.2) is 0 Å². The summed E-state index contributed by atoms with van der Waals surface area (Å²) in [5.74, 6) is -7.12. The van der Waals surface area contributed by atoms with Crippen molar-refractivity contribution in [3.8, 4) is 0 Å². The van der Waals surface area contributed by atoms with E-state index in [1.54, 1.807) is 0 Å². The molecule has 0 saturated carbocycles. The van der Waals surface area contributed by atoms with E-state index in [2.05, 4.69) is 19.7 Å². The lowest BCUT2D eigenvalue weighted by Crippen LogP contribution is -2.24. The summed E-state index contributed by atoms with van der Waals surface area (Å²) >= 11 is 0. The highest BCUT2D eigenvalue weighted by Crippen LogP contribution is 2.05. The smallest absolute Gasteiger partial charge is 0.333 e. The molecule has 21 heteroatoms. The minimum absolute atomic E-state index is 0.0867. The Hall–Kier alpha value is -5.67. The molecule has 0 unspecified atom stereocenters. The predicted octanol–water partition coefficient (Wildman–Crippen LogP) is 0.140. The monoisotopic (exact) mass is 848 g/mol. The summed E-state index contributed by atoms with van der Waals surface area (Å²) in [5, 5.41) is 26.9. The average molecular weight is 849 g/mol. The van der Waals surface area contributed by atoms with Crippen LogP contribution in [0.2, 0.25) is 0 Å². The fourth-order valence-electron chi connectivity index (χ4n) is 3.23. The van der Waals surface area contributed by atoms with Crippen LogP contribution in [0, 0.1) is 11.8 Å². The summed E-state index contributed by atoms with van der Waals surface area (Å²) in [4.78, 5) is 103. The topological polar surface area (TPSA) is 297 Å². The van der Waals surface area contributed by atoms with Gasteiger partial charge in [-0.2, -0.15) is 0 Å². The highest BCUT2D eigenvalue weighted by molar-refractivity contribution is 5.87. The van der Waals surface area contributed by atoms with Crippen molar-refractivity contribution in [3.05, 3.63) is 36.5 Å². The largest absolute Gasteiger partial charge is 0.465 e. The number of aliphatic hydroxyl groups is 3. The molecule has 0 aromatic heterocycles. The molecule has 59 heavy (non-hydrogen) atoms. The Labute approximate surface area is 341 Å². The molecule has 21 nitrogen and oxygen atoms in total. The minimum atomic E-state index is -0.730. The van der Waals surface area contributed by atoms with Crippen LogP contribution in [0.5, 0.6) is 0 Å². The van der Waals surface area contributed by atoms with Gasteiger partial charge in [0, 0.05) is 22.6 Å². The summed E-state index contributed by atoms with van der Waals surface area (Å²) in [6.45, 7) is 12.1. The molecule has 0 atom stereocenters. The fraction of sp³-hybridized carbons (Fsp3) is 0.605. The van der Waals surface area contributed by atoms with Crippen molar-refractivity contribution in [2.24, 2.45) is 11.8 Å². The first-order chi connectivity index (χ1) is 27.9. The van der Waals surface area contributed by atoms with E-state index in [1.807, 2.05) is 0 Å². The second kappa shape index (κ2) is 34.4. The average Bonchev–Trinajstić information content (AvgIpc) is 3.20. The molecule has 0 aliphatic heterocycles. The van der Waals surface area contributed by atoms with E-state index in [-0.39, 0.29) is 128 Å². The Kier molecular flexibility index (Phi) is 32.3. The van der Waals surface area contributed by atoms with Gasteiger partial charge < -0.3 is 58.0 Å². The van der Waals surface area contributed by atoms with Crippen LogP contribution in [0.15, 0.2) is 36.5 Å². The maximum atomic E-state index is 11.8. The van der Waals surface area contributed by atoms with E-state index < -0.39 is 72.2 Å². The molecule has 0 aliphatic rings. The lowest BCUT2D eigenvalue weighted by atomic mass is 10.2. The van der Waals surface area contributed by atoms with Gasteiger partial charge in [-0.15, -0.1) is 0 Å². The van der Waals surface area contributed by atoms with Gasteiger partial charge in [-0.3, -0.25) is 28.8 Å². The lowest BCUT2D eigenvalue weighted by Gasteiger charge is -2.15. The molecule has 0 aromatic rings. The van der Waals surface area contributed by atoms with Gasteiger partial charge in [-0.1, -0.05) is 19.7 Å². The number of ether oxygens (including phenoxy) is 9. The standard InChI is InChI=1S/C24H34O13.C14H22O8/c1-16(2)23(30)34-11-9-32-19(26)5-7-21(28)36-14-18(13-25)15-37-22(29)8-6-20(27)33-10-12-35-24(31)17(3)4;1-10(2)14(19)21-6-5-20-12(17)3-4-13(18)22-9-11(7-15)8-16/h18,25H,1,3,5-15H2,2,4H3;11,15-16H,1,3-9H2,2H3. The summed E-state index contributed by atoms with van der Waals surface area (Å²) in [6.07, 6.45) is -1.44. The first kappa shape index (κ1) is 55.4. The molecular weight excluding hydrogens is 792 g/mol. The molecule has 0 radical (unpaired) electrons. The van der Waals surface area contributed by atoms with Crippen molar-refractivity contribution in [2.45, 2.75) is 59.3 Å². The van der Waals surface area contributed by atoms with Crippen LogP contribution in [0.4, 0.5) is 0 Å². The van der Waals surface area contributed by atoms with E-state index >= 15 is 0 Å². The maximum absolute atomic E-state index is 11.8. The first-order valence-corrected chi connectivity index (χ1v) is 18.1. The molecular formula is C38H56O21. The Morgan fingerprint density at radius 1 is 0.356 bits per heavy atom. The molecule has 0 fully saturated rings. The van der Waals surface area contributed by atoms with Gasteiger partial charge in [0.1, 0.15) is 39.6 Å². The van der Waals surface area contributed by atoms with Crippen LogP contribution in [-0.4, -0.2) is 148 Å². The molecule has 0 rings (SSSR count). The van der Waals surface area contributed by atoms with Crippen LogP contribution < -0.4 is 0 Å². The Morgan fingerprint density at radius 3 is 0.780 bits per heavy atom. The summed E-state index contributed by atoms with van der Waals surface area (Å²) in [6, 6.07) is 0. The number of esters is 9. The van der Waals surface area contributed by atoms with Crippen molar-refractivity contribution >= 4 is 53.7 Å². The second-order valence-corrected chi connectivity index (χ2v) is 12.2. The third-order valence-corrected chi connectivity index (χ3v) is 6.60. The van der Waals surface area contributed by atoms with E-state index in [4.69, 9.17) is 52.8 Å². The molecule has 0 heterocycles. The van der Waals surface area contributed by atoms with Crippen LogP contribution >= 0.6 is 0 Å². The zero-order chi connectivity index (χ0) is 45.2. The molecule has 0 spiro atoms. The minimum Gasteiger partial charge on any atom is -0.465 e. The fourth-order valence-corrected chi connectivity index (χ4v) is 3.23. The highest BCUT2D eigenvalue weighted by atomic mass is 16.6. The number of hydrogen-bond donors (Lipinski definition) is 3. The summed E-state index contributed by atoms with van der Waals surface area (Å²) in [7, 11) is 0. The van der Waals surface area contributed by atoms with E-state index in [0.29, 0.717) is 0 Å². The van der Waals surface area contributed by atoms with E-state index in [0.717, 1.165) is 0 Å². The van der Waals surface area contributed by atoms with Gasteiger partial charge in [0.05, 0.1) is 84.1 Å². The lowest BCUT2D eigenvalue weighted by molar-refractivity contribution is -0.155. The predicted molar refractivity (Wildman–Crippen MR) is 199 cm³/mol. The quantitative estimate of drug-likeness (QED) is 0.0375. The second-order valence-electron chi connectivity index (χ2n) is 12.2. The number of aliphatic hydroxyl groups excluding tert-OH is 3. The number of hydrogen-bond acceptors (Lipinski definition) is 21. The van der Waals surface area contributed by atoms with Crippen LogP contribution in [0.3, 0.4) is 0 Å². The number of carbonyl (C=O) groups excluding carboxylic acids is 9. The van der Waals surface area contributed by atoms with Gasteiger partial charge in [-0.25, -0.2) is 14.4 Å². The van der Waals surface area contributed by atoms with Gasteiger partial charge in [-0.05, 0) is 20.8 Å². The van der Waals surface area contributed by atoms with Crippen molar-refractivity contribution in [3.63, 3.8) is 0 Å². The van der Waals surface area contributed by atoms with Crippen LogP contribution in [0.25, 0.3) is 0 Å². The Bertz CT molecular complexity index is 1350. The van der Waals surface area contributed by atoms with Crippen LogP contribution in [0.1, 0.15) is 59.3 Å². The zero-order valence-electron chi connectivity index (χ0n) is 33.7. The van der Waals surface area contributed by atoms with E-state index in [1.165, 1.54) is 20.8 Å². The molecule has 3 N–H and O–H groups in total. The molecule has 334 valence electrons. The normalized spacial score (nSPS) is 10.2. The third kappa shape index (κ3) is 33.1. The highest BCUT2D eigenvalue weighted by Gasteiger charge is 2.17. The Balaban J connectivity index is 0. The van der Waals surface area contributed by atoms with Crippen molar-refractivity contribution in [1.29, 1.82) is 0 Å².